The van der Waals surface area contributed by atoms with Gasteiger partial charge in [-0.25, -0.2) is 13.2 Å². The number of ether oxygens (including phenoxy) is 1. The number of halogens is 3. The Balaban J connectivity index is 1.39. The van der Waals surface area contributed by atoms with E-state index in [1.165, 1.54) is 30.5 Å². The molecule has 5 heterocycles. The number of benzene rings is 2. The van der Waals surface area contributed by atoms with Gasteiger partial charge in [0, 0.05) is 50.3 Å². The summed E-state index contributed by atoms with van der Waals surface area (Å²) < 4.78 is 52.4. The first-order valence-corrected chi connectivity index (χ1v) is 15.9. The van der Waals surface area contributed by atoms with E-state index in [0.29, 0.717) is 48.7 Å². The molecule has 0 bridgehead atoms. The molecular weight excluding hydrogens is 599 g/mol. The fraction of sp³-hybridized carbons (Fsp3) is 0.500. The van der Waals surface area contributed by atoms with Crippen LogP contribution in [0, 0.1) is 17.6 Å². The van der Waals surface area contributed by atoms with E-state index in [1.807, 2.05) is 0 Å². The van der Waals surface area contributed by atoms with Crippen LogP contribution >= 0.6 is 0 Å². The quantitative estimate of drug-likeness (QED) is 0.260. The Bertz CT molecular complexity index is 1820. The van der Waals surface area contributed by atoms with Crippen LogP contribution in [0.3, 0.4) is 0 Å². The molecule has 0 spiro atoms. The van der Waals surface area contributed by atoms with E-state index >= 15 is 4.39 Å². The summed E-state index contributed by atoms with van der Waals surface area (Å²) >= 11 is 0. The number of hydrogen-bond acceptors (Lipinski definition) is 9. The maximum atomic E-state index is 16.8. The first kappa shape index (κ1) is 30.9. The third-order valence-corrected chi connectivity index (χ3v) is 9.93. The number of aliphatic hydroxyl groups is 2. The van der Waals surface area contributed by atoms with E-state index in [4.69, 9.17) is 4.74 Å². The molecule has 3 aliphatic rings. The smallest absolute Gasteiger partial charge is 0.319 e. The van der Waals surface area contributed by atoms with Crippen molar-refractivity contribution in [3.05, 3.63) is 47.7 Å². The van der Waals surface area contributed by atoms with Crippen molar-refractivity contribution in [1.82, 2.24) is 19.9 Å². The zero-order valence-corrected chi connectivity index (χ0v) is 25.9. The van der Waals surface area contributed by atoms with E-state index in [1.54, 1.807) is 18.7 Å². The molecule has 0 amide bonds. The third-order valence-electron chi connectivity index (χ3n) is 9.93. The standard InChI is InChI=1S/C34H38F3N5O4/c1-3-23-26(36)6-5-20-9-22(44)10-24(27(20)23)29-28(37)30-25(13-38-29)31(41-14-19(16-43)11-33(2,45)17-41)40-32(39-30)46-18-34-7-4-8-42(34)15-21(35)12-34/h5-6,9-10,13,19,21,43-45H,3-4,7-8,11-12,14-18H2,1-2H3/t19-,21+,33-,34-/m0/s1. The lowest BCUT2D eigenvalue weighted by molar-refractivity contribution is 0.0129. The first-order valence-electron chi connectivity index (χ1n) is 15.9. The highest BCUT2D eigenvalue weighted by atomic mass is 19.1. The minimum Gasteiger partial charge on any atom is -0.508 e. The molecule has 46 heavy (non-hydrogen) atoms. The van der Waals surface area contributed by atoms with Crippen LogP contribution in [0.25, 0.3) is 32.9 Å². The van der Waals surface area contributed by atoms with Crippen LogP contribution in [0.5, 0.6) is 11.8 Å². The molecule has 3 saturated heterocycles. The minimum atomic E-state index is -1.15. The van der Waals surface area contributed by atoms with E-state index in [-0.39, 0.29) is 65.4 Å². The number of phenolic OH excluding ortho intramolecular Hbond substituents is 1. The van der Waals surface area contributed by atoms with Gasteiger partial charge in [-0.2, -0.15) is 9.97 Å². The number of phenols is 1. The summed E-state index contributed by atoms with van der Waals surface area (Å²) in [6.07, 6.45) is 3.23. The lowest BCUT2D eigenvalue weighted by Crippen LogP contribution is -2.51. The molecular formula is C34H38F3N5O4. The van der Waals surface area contributed by atoms with Crippen LogP contribution in [-0.2, 0) is 6.42 Å². The van der Waals surface area contributed by atoms with Crippen molar-refractivity contribution in [2.45, 2.75) is 63.3 Å². The molecule has 2 aromatic carbocycles. The van der Waals surface area contributed by atoms with E-state index in [9.17, 15) is 24.1 Å². The number of rotatable bonds is 7. The number of nitrogens with zero attached hydrogens (tertiary/aromatic N) is 5. The number of aliphatic hydroxyl groups excluding tert-OH is 1. The van der Waals surface area contributed by atoms with Gasteiger partial charge < -0.3 is 25.0 Å². The zero-order valence-electron chi connectivity index (χ0n) is 25.9. The van der Waals surface area contributed by atoms with E-state index in [0.717, 1.165) is 19.4 Å². The Labute approximate surface area is 264 Å². The number of alkyl halides is 1. The van der Waals surface area contributed by atoms with Gasteiger partial charge >= 0.3 is 6.01 Å². The predicted molar refractivity (Wildman–Crippen MR) is 168 cm³/mol. The number of aromatic nitrogens is 3. The van der Waals surface area contributed by atoms with Crippen molar-refractivity contribution < 1.29 is 33.2 Å². The normalized spacial score (nSPS) is 26.7. The number of hydrogen-bond donors (Lipinski definition) is 3. The van der Waals surface area contributed by atoms with Crippen molar-refractivity contribution >= 4 is 27.5 Å². The Morgan fingerprint density at radius 2 is 1.96 bits per heavy atom. The molecule has 0 aliphatic carbocycles. The molecule has 3 aliphatic heterocycles. The van der Waals surface area contributed by atoms with Crippen molar-refractivity contribution in [2.75, 3.05) is 44.3 Å². The van der Waals surface area contributed by atoms with Gasteiger partial charge in [0.25, 0.3) is 0 Å². The summed E-state index contributed by atoms with van der Waals surface area (Å²) in [4.78, 5) is 17.6. The van der Waals surface area contributed by atoms with Crippen LogP contribution < -0.4 is 9.64 Å². The number of fused-ring (bicyclic) bond motifs is 3. The molecule has 244 valence electrons. The highest BCUT2D eigenvalue weighted by Crippen LogP contribution is 2.42. The maximum Gasteiger partial charge on any atom is 0.319 e. The molecule has 7 rings (SSSR count). The van der Waals surface area contributed by atoms with Gasteiger partial charge in [0.15, 0.2) is 5.82 Å². The topological polar surface area (TPSA) is 115 Å². The summed E-state index contributed by atoms with van der Waals surface area (Å²) in [6, 6.07) is 5.63. The summed E-state index contributed by atoms with van der Waals surface area (Å²) in [5, 5.41) is 32.9. The Kier molecular flexibility index (Phi) is 7.72. The second-order valence-corrected chi connectivity index (χ2v) is 13.5. The number of pyridine rings is 1. The summed E-state index contributed by atoms with van der Waals surface area (Å²) in [6.45, 7) is 5.09. The molecule has 9 nitrogen and oxygen atoms in total. The number of aromatic hydroxyl groups is 1. The van der Waals surface area contributed by atoms with Crippen LogP contribution in [0.15, 0.2) is 30.5 Å². The lowest BCUT2D eigenvalue weighted by Gasteiger charge is -2.41. The first-order chi connectivity index (χ1) is 22.0. The summed E-state index contributed by atoms with van der Waals surface area (Å²) in [5.41, 5.74) is -1.28. The van der Waals surface area contributed by atoms with Gasteiger partial charge in [0.05, 0.1) is 16.5 Å². The lowest BCUT2D eigenvalue weighted by atomic mass is 9.87. The number of anilines is 1. The summed E-state index contributed by atoms with van der Waals surface area (Å²) in [5.74, 6) is -1.35. The molecule has 0 radical (unpaired) electrons. The fourth-order valence-electron chi connectivity index (χ4n) is 8.02. The van der Waals surface area contributed by atoms with Crippen LogP contribution in [-0.4, -0.2) is 91.9 Å². The van der Waals surface area contributed by atoms with Gasteiger partial charge in [0.1, 0.15) is 41.4 Å². The third kappa shape index (κ3) is 5.29. The van der Waals surface area contributed by atoms with Crippen molar-refractivity contribution in [1.29, 1.82) is 0 Å². The van der Waals surface area contributed by atoms with Gasteiger partial charge in [-0.15, -0.1) is 0 Å². The SMILES string of the molecule is CCc1c(F)ccc2cc(O)cc(-c3ncc4c(N5C[C@@H](CO)C[C@](C)(O)C5)nc(OC[C@@]56CCCN5C[C@H](F)C6)nc4c3F)c12. The van der Waals surface area contributed by atoms with Crippen LogP contribution in [0.2, 0.25) is 0 Å². The molecule has 3 N–H and O–H groups in total. The summed E-state index contributed by atoms with van der Waals surface area (Å²) in [7, 11) is 0. The van der Waals surface area contributed by atoms with Crippen molar-refractivity contribution in [3.63, 3.8) is 0 Å². The average molecular weight is 638 g/mol. The highest BCUT2D eigenvalue weighted by molar-refractivity contribution is 6.01. The van der Waals surface area contributed by atoms with Crippen LogP contribution in [0.4, 0.5) is 19.0 Å². The van der Waals surface area contributed by atoms with Gasteiger partial charge in [0.2, 0.25) is 0 Å². The number of piperidine rings is 1. The molecule has 4 aromatic rings. The second kappa shape index (κ2) is 11.5. The predicted octanol–water partition coefficient (Wildman–Crippen LogP) is 4.92. The average Bonchev–Trinajstić information content (AvgIpc) is 3.54. The zero-order chi connectivity index (χ0) is 32.4. The molecule has 3 fully saturated rings. The number of aryl methyl sites for hydroxylation is 1. The highest BCUT2D eigenvalue weighted by Gasteiger charge is 2.49. The number of β-amino-alcohol motifs (C(OH)–C–C–N with tert-alkyl or cyclic N) is 1. The van der Waals surface area contributed by atoms with Gasteiger partial charge in [-0.3, -0.25) is 9.88 Å². The fourth-order valence-corrected chi connectivity index (χ4v) is 8.02. The van der Waals surface area contributed by atoms with Crippen molar-refractivity contribution in [3.8, 4) is 23.0 Å². The van der Waals surface area contributed by atoms with Crippen LogP contribution in [0.1, 0.15) is 45.1 Å². The Hall–Kier alpha value is -3.74. The molecule has 0 saturated carbocycles. The van der Waals surface area contributed by atoms with Crippen molar-refractivity contribution in [2.24, 2.45) is 5.92 Å². The van der Waals surface area contributed by atoms with Gasteiger partial charge in [-0.05, 0) is 73.7 Å². The maximum absolute atomic E-state index is 16.8. The van der Waals surface area contributed by atoms with Gasteiger partial charge in [-0.1, -0.05) is 13.0 Å². The molecule has 4 atom stereocenters. The minimum absolute atomic E-state index is 0.0997. The largest absolute Gasteiger partial charge is 0.508 e. The molecule has 12 heteroatoms. The molecule has 0 unspecified atom stereocenters. The van der Waals surface area contributed by atoms with E-state index < -0.39 is 28.9 Å². The molecule has 2 aromatic heterocycles. The van der Waals surface area contributed by atoms with E-state index in [2.05, 4.69) is 19.9 Å². The monoisotopic (exact) mass is 637 g/mol. The second-order valence-electron chi connectivity index (χ2n) is 13.5. The Morgan fingerprint density at radius 1 is 1.13 bits per heavy atom. The Morgan fingerprint density at radius 3 is 2.74 bits per heavy atom.